The molecule has 18 nitrogen and oxygen atoms in total. The van der Waals surface area contributed by atoms with Crippen LogP contribution in [0.15, 0.2) is 174 Å². The van der Waals surface area contributed by atoms with Gasteiger partial charge < -0.3 is 28.2 Å². The lowest BCUT2D eigenvalue weighted by molar-refractivity contribution is 0.396. The van der Waals surface area contributed by atoms with Gasteiger partial charge in [0.25, 0.3) is 11.1 Å². The first kappa shape index (κ1) is 54.3. The molecule has 6 heterocycles. The van der Waals surface area contributed by atoms with Gasteiger partial charge >= 0.3 is 7.69 Å². The van der Waals surface area contributed by atoms with E-state index in [0.717, 1.165) is 0 Å². The molecular formula is C50H35BCl3F2N6O12S2. The van der Waals surface area contributed by atoms with Crippen LogP contribution in [0.5, 0.6) is 17.5 Å². The number of sulfone groups is 2. The molecule has 0 saturated carbocycles. The van der Waals surface area contributed by atoms with E-state index >= 15 is 0 Å². The summed E-state index contributed by atoms with van der Waals surface area (Å²) < 4.78 is 105. The van der Waals surface area contributed by atoms with Crippen molar-refractivity contribution < 1.29 is 53.8 Å². The number of hydrogen-bond acceptors (Lipinski definition) is 16. The largest absolute Gasteiger partial charge is 0.569 e. The number of rotatable bonds is 13. The smallest absolute Gasteiger partial charge is 0.537 e. The van der Waals surface area contributed by atoms with Gasteiger partial charge in [-0.05, 0) is 84.9 Å². The molecule has 76 heavy (non-hydrogen) atoms. The van der Waals surface area contributed by atoms with Crippen LogP contribution in [0.25, 0.3) is 44.4 Å². The van der Waals surface area contributed by atoms with Gasteiger partial charge in [0.1, 0.15) is 52.8 Å². The van der Waals surface area contributed by atoms with E-state index in [2.05, 4.69) is 24.9 Å². The van der Waals surface area contributed by atoms with Crippen molar-refractivity contribution in [2.24, 2.45) is 0 Å². The second kappa shape index (κ2) is 23.3. The number of benzene rings is 4. The first-order valence-corrected chi connectivity index (χ1v) is 26.2. The lowest BCUT2D eigenvalue weighted by atomic mass is 10.1. The highest BCUT2D eigenvalue weighted by Crippen LogP contribution is 2.35. The van der Waals surface area contributed by atoms with Gasteiger partial charge in [0.2, 0.25) is 11.8 Å². The molecule has 0 saturated heterocycles. The van der Waals surface area contributed by atoms with Gasteiger partial charge in [-0.3, -0.25) is 18.7 Å². The van der Waals surface area contributed by atoms with Crippen molar-refractivity contribution in [3.8, 4) is 40.1 Å². The molecule has 0 aliphatic heterocycles. The summed E-state index contributed by atoms with van der Waals surface area (Å²) in [5.41, 5.74) is 1.91. The van der Waals surface area contributed by atoms with Gasteiger partial charge in [-0.25, -0.2) is 30.6 Å². The van der Waals surface area contributed by atoms with Crippen LogP contribution in [0, 0.1) is 11.6 Å². The van der Waals surface area contributed by atoms with Gasteiger partial charge in [0.05, 0.1) is 62.2 Å². The number of halogens is 5. The zero-order chi connectivity index (χ0) is 54.3. The molecule has 0 amide bonds. The lowest BCUT2D eigenvalue weighted by Crippen LogP contribution is -2.19. The quantitative estimate of drug-likeness (QED) is 0.0836. The van der Waals surface area contributed by atoms with Crippen LogP contribution >= 0.6 is 34.8 Å². The van der Waals surface area contributed by atoms with Crippen LogP contribution in [0.1, 0.15) is 11.4 Å². The monoisotopic (exact) mass is 1130 g/mol. The van der Waals surface area contributed by atoms with Gasteiger partial charge in [-0.1, -0.05) is 63.3 Å². The van der Waals surface area contributed by atoms with Gasteiger partial charge in [0, 0.05) is 46.7 Å². The highest BCUT2D eigenvalue weighted by molar-refractivity contribution is 7.91. The second-order valence-electron chi connectivity index (χ2n) is 15.8. The zero-order valence-corrected chi connectivity index (χ0v) is 43.1. The minimum absolute atomic E-state index is 0.0341. The van der Waals surface area contributed by atoms with E-state index < -0.39 is 31.1 Å². The third kappa shape index (κ3) is 12.3. The van der Waals surface area contributed by atoms with Crippen molar-refractivity contribution in [3.63, 3.8) is 0 Å². The predicted octanol–water partition coefficient (Wildman–Crippen LogP) is 9.21. The Kier molecular flexibility index (Phi) is 16.7. The zero-order valence-electron chi connectivity index (χ0n) is 39.2. The van der Waals surface area contributed by atoms with Crippen LogP contribution in [0.2, 0.25) is 15.2 Å². The number of methoxy groups -OCH3 is 2. The van der Waals surface area contributed by atoms with E-state index in [1.807, 2.05) is 0 Å². The average Bonchev–Trinajstić information content (AvgIpc) is 4.13. The molecule has 387 valence electrons. The van der Waals surface area contributed by atoms with Crippen molar-refractivity contribution in [2.45, 2.75) is 21.3 Å². The van der Waals surface area contributed by atoms with Crippen molar-refractivity contribution >= 4 is 84.0 Å². The van der Waals surface area contributed by atoms with Crippen molar-refractivity contribution in [3.05, 3.63) is 205 Å². The normalized spacial score (nSPS) is 11.3. The average molecular weight is 1130 g/mol. The van der Waals surface area contributed by atoms with E-state index in [4.69, 9.17) is 58.3 Å². The van der Waals surface area contributed by atoms with Gasteiger partial charge in [-0.2, -0.15) is 4.98 Å². The molecule has 0 spiro atoms. The predicted molar refractivity (Wildman–Crippen MR) is 278 cm³/mol. The molecule has 0 fully saturated rings. The molecule has 10 rings (SSSR count). The van der Waals surface area contributed by atoms with Gasteiger partial charge in [0.15, 0.2) is 24.8 Å². The van der Waals surface area contributed by atoms with Crippen LogP contribution in [-0.4, -0.2) is 73.2 Å². The Hall–Kier alpha value is -7.93. The second-order valence-corrected chi connectivity index (χ2v) is 20.9. The number of hydrogen-bond donors (Lipinski definition) is 1. The Bertz CT molecular complexity index is 4120. The van der Waals surface area contributed by atoms with E-state index in [1.165, 1.54) is 157 Å². The van der Waals surface area contributed by atoms with E-state index in [9.17, 15) is 35.2 Å². The number of fused-ring (bicyclic) bond motifs is 2. The van der Waals surface area contributed by atoms with Crippen molar-refractivity contribution in [2.75, 3.05) is 14.2 Å². The first-order chi connectivity index (χ1) is 36.4. The molecule has 0 atom stereocenters. The van der Waals surface area contributed by atoms with E-state index in [-0.39, 0.29) is 88.1 Å². The highest BCUT2D eigenvalue weighted by Gasteiger charge is 2.23. The maximum atomic E-state index is 13.8. The fourth-order valence-electron chi connectivity index (χ4n) is 7.48. The first-order valence-electron chi connectivity index (χ1n) is 21.7. The Balaban J connectivity index is 0.000000172. The fraction of sp³-hybridized carbons (Fsp3) is 0.0800. The third-order valence-corrected chi connectivity index (χ3v) is 15.1. The molecule has 10 aromatic rings. The van der Waals surface area contributed by atoms with Crippen LogP contribution in [0.3, 0.4) is 0 Å². The number of nitrogens with zero attached hydrogens (tertiary/aromatic N) is 6. The molecule has 1 radical (unpaired) electrons. The summed E-state index contributed by atoms with van der Waals surface area (Å²) in [6.45, 7) is 0. The molecule has 26 heteroatoms. The van der Waals surface area contributed by atoms with Crippen LogP contribution < -0.4 is 25.2 Å². The Morgan fingerprint density at radius 1 is 0.605 bits per heavy atom. The third-order valence-electron chi connectivity index (χ3n) is 10.9. The SMILES string of the molecule is COc1nc(-c2cccc(F)c2)c(Cl)cc1-n1c(=O)ccc2cc(S(=O)(=O)Cc3ccon3)ccc21.COc1nc(Cl)c(Cl)cc1-n1c(=O)ccc2cc(S(=O)(=O)Cc3ccon3)ccc21.O[B]Oc1cccc(F)c1. The maximum Gasteiger partial charge on any atom is 0.569 e. The standard InChI is InChI=1S/C25H17ClFN3O5S.C19H13Cl2N3O5S.C6H5BFO2/c1-34-25-22(13-20(26)24(28-25)16-3-2-4-17(27)11-16)30-21-7-6-19(12-15(21)5-8-23(30)31)36(32,33)14-18-9-10-35-29-18;1-28-19-16(9-14(20)18(21)22-19)24-15-4-3-13(8-11(15)2-5-17(24)25)30(26,27)10-12-6-7-29-23-12;8-5-2-1-3-6(4-5)10-7-9/h2-13H,14H2,1H3;2-9H,10H2,1H3;1-4,9H. The number of ether oxygens (including phenoxy) is 2. The Morgan fingerprint density at radius 2 is 1.11 bits per heavy atom. The Morgan fingerprint density at radius 3 is 1.58 bits per heavy atom. The molecule has 1 N–H and O–H groups in total. The van der Waals surface area contributed by atoms with E-state index in [1.54, 1.807) is 12.1 Å². The van der Waals surface area contributed by atoms with Gasteiger partial charge in [-0.15, -0.1) is 0 Å². The lowest BCUT2D eigenvalue weighted by Gasteiger charge is -2.16. The molecule has 0 aliphatic rings. The summed E-state index contributed by atoms with van der Waals surface area (Å²) >= 11 is 18.5. The summed E-state index contributed by atoms with van der Waals surface area (Å²) in [7, 11) is -4.11. The number of aromatic nitrogens is 6. The van der Waals surface area contributed by atoms with Crippen molar-refractivity contribution in [1.29, 1.82) is 0 Å². The van der Waals surface area contributed by atoms with Crippen LogP contribution in [0.4, 0.5) is 8.78 Å². The molecule has 0 bridgehead atoms. The molecule has 4 aromatic carbocycles. The summed E-state index contributed by atoms with van der Waals surface area (Å²) in [6, 6.07) is 31.8. The van der Waals surface area contributed by atoms with Crippen LogP contribution in [-0.2, 0) is 31.2 Å². The topological polar surface area (TPSA) is 238 Å². The highest BCUT2D eigenvalue weighted by atomic mass is 35.5. The summed E-state index contributed by atoms with van der Waals surface area (Å²) in [5.74, 6) is -1.02. The minimum Gasteiger partial charge on any atom is -0.537 e. The summed E-state index contributed by atoms with van der Waals surface area (Å²) in [5, 5.41) is 16.8. The molecular weight excluding hydrogens is 1100 g/mol. The Labute approximate surface area is 445 Å². The summed E-state index contributed by atoms with van der Waals surface area (Å²) in [4.78, 5) is 34.2. The minimum atomic E-state index is -3.72. The summed E-state index contributed by atoms with van der Waals surface area (Å²) in [6.07, 6.45) is 2.61. The fourth-order valence-corrected chi connectivity index (χ4v) is 10.6. The number of pyridine rings is 4. The van der Waals surface area contributed by atoms with E-state index in [0.29, 0.717) is 40.7 Å². The van der Waals surface area contributed by atoms with Crippen molar-refractivity contribution in [1.82, 2.24) is 29.4 Å². The molecule has 0 aliphatic carbocycles. The maximum absolute atomic E-state index is 13.8. The molecule has 6 aromatic heterocycles. The molecule has 0 unspecified atom stereocenters.